The molecule has 0 saturated heterocycles. The number of aliphatic imine (C=N–C) groups is 1. The average molecular weight is 399 g/mol. The zero-order valence-corrected chi connectivity index (χ0v) is 17.8. The number of nitrogens with one attached hydrogen (secondary N) is 2. The molecule has 0 atom stereocenters. The molecule has 2 N–H and O–H groups in total. The molecular formula is C22H34N6O. The lowest BCUT2D eigenvalue weighted by Crippen LogP contribution is -2.38. The van der Waals surface area contributed by atoms with Gasteiger partial charge in [-0.2, -0.15) is 0 Å². The Bertz CT molecular complexity index is 768. The second-order valence-electron chi connectivity index (χ2n) is 7.38. The number of guanidine groups is 1. The Morgan fingerprint density at radius 3 is 2.76 bits per heavy atom. The minimum Gasteiger partial charge on any atom is -0.497 e. The number of aromatic nitrogens is 3. The van der Waals surface area contributed by atoms with Gasteiger partial charge in [0, 0.05) is 39.0 Å². The molecule has 0 aliphatic carbocycles. The number of methoxy groups -OCH3 is 1. The molecule has 7 nitrogen and oxygen atoms in total. The summed E-state index contributed by atoms with van der Waals surface area (Å²) in [5.41, 5.74) is 1.28. The van der Waals surface area contributed by atoms with E-state index in [4.69, 9.17) is 9.73 Å². The third-order valence-electron chi connectivity index (χ3n) is 5.22. The zero-order valence-electron chi connectivity index (χ0n) is 17.8. The number of rotatable bonds is 9. The summed E-state index contributed by atoms with van der Waals surface area (Å²) < 4.78 is 7.54. The third kappa shape index (κ3) is 6.48. The highest BCUT2D eigenvalue weighted by Gasteiger charge is 2.14. The van der Waals surface area contributed by atoms with Gasteiger partial charge in [0.05, 0.1) is 7.11 Å². The first-order valence-electron chi connectivity index (χ1n) is 10.9. The van der Waals surface area contributed by atoms with Gasteiger partial charge in [0.25, 0.3) is 0 Å². The molecule has 0 fully saturated rings. The molecule has 1 aliphatic rings. The Labute approximate surface area is 174 Å². The Kier molecular flexibility index (Phi) is 8.34. The summed E-state index contributed by atoms with van der Waals surface area (Å²) in [6.45, 7) is 5.63. The topological polar surface area (TPSA) is 76.4 Å². The fourth-order valence-electron chi connectivity index (χ4n) is 3.62. The van der Waals surface area contributed by atoms with Crippen molar-refractivity contribution < 1.29 is 4.74 Å². The van der Waals surface area contributed by atoms with Gasteiger partial charge < -0.3 is 19.9 Å². The minimum absolute atomic E-state index is 0.778. The molecular weight excluding hydrogens is 364 g/mol. The maximum atomic E-state index is 5.21. The summed E-state index contributed by atoms with van der Waals surface area (Å²) in [6.07, 6.45) is 7.68. The number of aryl methyl sites for hydroxylation is 2. The summed E-state index contributed by atoms with van der Waals surface area (Å²) in [4.78, 5) is 4.72. The van der Waals surface area contributed by atoms with Gasteiger partial charge in [0.15, 0.2) is 5.96 Å². The number of benzene rings is 1. The van der Waals surface area contributed by atoms with Crippen LogP contribution in [-0.4, -0.2) is 47.5 Å². The van der Waals surface area contributed by atoms with E-state index in [0.717, 1.165) is 75.2 Å². The lowest BCUT2D eigenvalue weighted by molar-refractivity contribution is 0.414. The molecule has 1 aromatic heterocycles. The van der Waals surface area contributed by atoms with Crippen LogP contribution in [0.5, 0.6) is 5.75 Å². The Morgan fingerprint density at radius 1 is 1.10 bits per heavy atom. The molecule has 0 bridgehead atoms. The second kappa shape index (κ2) is 11.4. The first kappa shape index (κ1) is 21.1. The van der Waals surface area contributed by atoms with Crippen molar-refractivity contribution in [2.45, 2.75) is 58.4 Å². The van der Waals surface area contributed by atoms with Crippen LogP contribution in [0.4, 0.5) is 0 Å². The molecule has 2 aromatic rings. The van der Waals surface area contributed by atoms with Crippen molar-refractivity contribution in [2.24, 2.45) is 4.99 Å². The molecule has 3 rings (SSSR count). The Hall–Kier alpha value is -2.57. The fraction of sp³-hybridized carbons (Fsp3) is 0.591. The van der Waals surface area contributed by atoms with Crippen LogP contribution >= 0.6 is 0 Å². The number of ether oxygens (including phenoxy) is 1. The SMILES string of the molecule is CCNC(=NCCCc1nnc2n1CCCCC2)NCCc1ccc(OC)cc1. The van der Waals surface area contributed by atoms with E-state index in [0.29, 0.717) is 0 Å². The standard InChI is InChI=1S/C22H34N6O/c1-3-23-22(25-16-14-18-10-12-19(29-2)13-11-18)24-15-7-9-21-27-26-20-8-5-4-6-17-28(20)21/h10-13H,3-9,14-17H2,1-2H3,(H2,23,24,25). The monoisotopic (exact) mass is 398 g/mol. The van der Waals surface area contributed by atoms with Crippen molar-refractivity contribution in [3.63, 3.8) is 0 Å². The molecule has 1 aromatic carbocycles. The minimum atomic E-state index is 0.778. The van der Waals surface area contributed by atoms with Crippen LogP contribution in [0.25, 0.3) is 0 Å². The Balaban J connectivity index is 1.43. The van der Waals surface area contributed by atoms with Crippen LogP contribution in [-0.2, 0) is 25.8 Å². The number of nitrogens with zero attached hydrogens (tertiary/aromatic N) is 4. The van der Waals surface area contributed by atoms with E-state index in [9.17, 15) is 0 Å². The molecule has 1 aliphatic heterocycles. The van der Waals surface area contributed by atoms with E-state index >= 15 is 0 Å². The van der Waals surface area contributed by atoms with E-state index in [1.54, 1.807) is 7.11 Å². The Morgan fingerprint density at radius 2 is 1.97 bits per heavy atom. The quantitative estimate of drug-likeness (QED) is 0.386. The van der Waals surface area contributed by atoms with Crippen LogP contribution in [0.15, 0.2) is 29.3 Å². The highest BCUT2D eigenvalue weighted by molar-refractivity contribution is 5.79. The first-order chi connectivity index (χ1) is 14.3. The van der Waals surface area contributed by atoms with Crippen molar-refractivity contribution in [2.75, 3.05) is 26.7 Å². The lowest BCUT2D eigenvalue weighted by atomic mass is 10.1. The van der Waals surface area contributed by atoms with Crippen molar-refractivity contribution in [1.29, 1.82) is 0 Å². The smallest absolute Gasteiger partial charge is 0.191 e. The molecule has 158 valence electrons. The van der Waals surface area contributed by atoms with E-state index in [2.05, 4.69) is 44.5 Å². The number of hydrogen-bond donors (Lipinski definition) is 2. The number of hydrogen-bond acceptors (Lipinski definition) is 4. The molecule has 0 saturated carbocycles. The van der Waals surface area contributed by atoms with E-state index in [-0.39, 0.29) is 0 Å². The number of fused-ring (bicyclic) bond motifs is 1. The van der Waals surface area contributed by atoms with Crippen molar-refractivity contribution in [3.05, 3.63) is 41.5 Å². The van der Waals surface area contributed by atoms with Gasteiger partial charge in [0.2, 0.25) is 0 Å². The average Bonchev–Trinajstić information content (AvgIpc) is 2.97. The van der Waals surface area contributed by atoms with E-state index in [1.165, 1.54) is 24.8 Å². The lowest BCUT2D eigenvalue weighted by Gasteiger charge is -2.11. The highest BCUT2D eigenvalue weighted by atomic mass is 16.5. The fourth-order valence-corrected chi connectivity index (χ4v) is 3.62. The highest BCUT2D eigenvalue weighted by Crippen LogP contribution is 2.15. The molecule has 7 heteroatoms. The van der Waals surface area contributed by atoms with Crippen molar-refractivity contribution in [1.82, 2.24) is 25.4 Å². The van der Waals surface area contributed by atoms with Gasteiger partial charge in [-0.15, -0.1) is 10.2 Å². The summed E-state index contributed by atoms with van der Waals surface area (Å²) >= 11 is 0. The molecule has 0 radical (unpaired) electrons. The van der Waals surface area contributed by atoms with Crippen LogP contribution in [0.2, 0.25) is 0 Å². The van der Waals surface area contributed by atoms with Crippen LogP contribution in [0, 0.1) is 0 Å². The summed E-state index contributed by atoms with van der Waals surface area (Å²) in [6, 6.07) is 8.21. The second-order valence-corrected chi connectivity index (χ2v) is 7.38. The van der Waals surface area contributed by atoms with Gasteiger partial charge in [-0.05, 0) is 50.3 Å². The normalized spacial score (nSPS) is 14.2. The van der Waals surface area contributed by atoms with E-state index in [1.807, 2.05) is 12.1 Å². The van der Waals surface area contributed by atoms with Gasteiger partial charge in [-0.1, -0.05) is 18.6 Å². The molecule has 29 heavy (non-hydrogen) atoms. The first-order valence-corrected chi connectivity index (χ1v) is 10.9. The third-order valence-corrected chi connectivity index (χ3v) is 5.22. The summed E-state index contributed by atoms with van der Waals surface area (Å²) in [5.74, 6) is 4.05. The van der Waals surface area contributed by atoms with Crippen LogP contribution in [0.3, 0.4) is 0 Å². The van der Waals surface area contributed by atoms with Crippen molar-refractivity contribution in [3.8, 4) is 5.75 Å². The predicted octanol–water partition coefficient (Wildman–Crippen LogP) is 2.74. The maximum Gasteiger partial charge on any atom is 0.191 e. The van der Waals surface area contributed by atoms with Gasteiger partial charge >= 0.3 is 0 Å². The molecule has 2 heterocycles. The summed E-state index contributed by atoms with van der Waals surface area (Å²) in [7, 11) is 1.69. The molecule has 0 amide bonds. The zero-order chi connectivity index (χ0) is 20.3. The molecule has 0 spiro atoms. The summed E-state index contributed by atoms with van der Waals surface area (Å²) in [5, 5.41) is 15.5. The van der Waals surface area contributed by atoms with Gasteiger partial charge in [0.1, 0.15) is 17.4 Å². The van der Waals surface area contributed by atoms with Gasteiger partial charge in [-0.3, -0.25) is 4.99 Å². The predicted molar refractivity (Wildman–Crippen MR) is 117 cm³/mol. The van der Waals surface area contributed by atoms with E-state index < -0.39 is 0 Å². The van der Waals surface area contributed by atoms with Crippen molar-refractivity contribution >= 4 is 5.96 Å². The largest absolute Gasteiger partial charge is 0.497 e. The molecule has 0 unspecified atom stereocenters. The van der Waals surface area contributed by atoms with Crippen LogP contribution in [0.1, 0.15) is 49.8 Å². The van der Waals surface area contributed by atoms with Crippen LogP contribution < -0.4 is 15.4 Å². The maximum absolute atomic E-state index is 5.21. The van der Waals surface area contributed by atoms with Gasteiger partial charge in [-0.25, -0.2) is 0 Å².